The van der Waals surface area contributed by atoms with Crippen molar-refractivity contribution in [2.24, 2.45) is 0 Å². The second-order valence-electron chi connectivity index (χ2n) is 4.67. The second kappa shape index (κ2) is 8.44. The average Bonchev–Trinajstić information content (AvgIpc) is 2.60. The number of esters is 2. The topological polar surface area (TPSA) is 81.7 Å². The molecule has 2 aromatic carbocycles. The van der Waals surface area contributed by atoms with E-state index in [0.717, 1.165) is 3.57 Å². The Hall–Kier alpha value is -2.42. The van der Waals surface area contributed by atoms with Crippen LogP contribution >= 0.6 is 22.6 Å². The first-order chi connectivity index (χ1) is 11.5. The summed E-state index contributed by atoms with van der Waals surface area (Å²) in [5.74, 6) is -1.71. The van der Waals surface area contributed by atoms with Crippen molar-refractivity contribution >= 4 is 46.1 Å². The van der Waals surface area contributed by atoms with Crippen LogP contribution in [0.1, 0.15) is 20.7 Å². The summed E-state index contributed by atoms with van der Waals surface area (Å²) in [7, 11) is 1.25. The average molecular weight is 439 g/mol. The van der Waals surface area contributed by atoms with Crippen LogP contribution in [0, 0.1) is 3.57 Å². The number of nitrogens with one attached hydrogen (secondary N) is 1. The predicted molar refractivity (Wildman–Crippen MR) is 95.9 cm³/mol. The fourth-order valence-corrected chi connectivity index (χ4v) is 2.23. The number of ether oxygens (including phenoxy) is 2. The first-order valence-electron chi connectivity index (χ1n) is 6.91. The summed E-state index contributed by atoms with van der Waals surface area (Å²) in [4.78, 5) is 35.4. The highest BCUT2D eigenvalue weighted by Crippen LogP contribution is 2.16. The minimum absolute atomic E-state index is 0.220. The molecule has 0 aliphatic rings. The van der Waals surface area contributed by atoms with E-state index in [4.69, 9.17) is 4.74 Å². The monoisotopic (exact) mass is 439 g/mol. The van der Waals surface area contributed by atoms with Gasteiger partial charge in [-0.25, -0.2) is 9.59 Å². The number of rotatable bonds is 5. The molecule has 0 saturated carbocycles. The Balaban J connectivity index is 1.95. The number of hydrogen-bond acceptors (Lipinski definition) is 5. The molecule has 0 fully saturated rings. The Morgan fingerprint density at radius 2 is 1.67 bits per heavy atom. The number of hydrogen-bond donors (Lipinski definition) is 1. The van der Waals surface area contributed by atoms with Gasteiger partial charge in [0.25, 0.3) is 5.91 Å². The van der Waals surface area contributed by atoms with Crippen molar-refractivity contribution in [1.29, 1.82) is 0 Å². The van der Waals surface area contributed by atoms with E-state index < -0.39 is 24.5 Å². The van der Waals surface area contributed by atoms with Gasteiger partial charge in [-0.2, -0.15) is 0 Å². The lowest BCUT2D eigenvalue weighted by atomic mass is 10.2. The molecule has 0 spiro atoms. The van der Waals surface area contributed by atoms with Gasteiger partial charge in [0.15, 0.2) is 6.61 Å². The highest BCUT2D eigenvalue weighted by atomic mass is 127. The molecular formula is C17H14INO5. The number of para-hydroxylation sites is 1. The number of benzene rings is 2. The minimum Gasteiger partial charge on any atom is -0.465 e. The Kier molecular flexibility index (Phi) is 6.30. The van der Waals surface area contributed by atoms with Crippen molar-refractivity contribution in [3.8, 4) is 0 Å². The third kappa shape index (κ3) is 4.79. The molecule has 0 unspecified atom stereocenters. The molecule has 0 aliphatic heterocycles. The molecule has 0 aliphatic carbocycles. The largest absolute Gasteiger partial charge is 0.465 e. The normalized spacial score (nSPS) is 9.92. The van der Waals surface area contributed by atoms with Gasteiger partial charge in [0.05, 0.1) is 23.9 Å². The lowest BCUT2D eigenvalue weighted by Gasteiger charge is -2.10. The SMILES string of the molecule is COC(=O)c1ccccc1NC(=O)COC(=O)c1ccc(I)cc1. The van der Waals surface area contributed by atoms with Crippen LogP contribution in [0.4, 0.5) is 5.69 Å². The summed E-state index contributed by atoms with van der Waals surface area (Å²) in [5, 5.41) is 2.52. The van der Waals surface area contributed by atoms with Crippen molar-refractivity contribution in [2.75, 3.05) is 19.0 Å². The maximum atomic E-state index is 11.9. The molecule has 0 radical (unpaired) electrons. The summed E-state index contributed by atoms with van der Waals surface area (Å²) < 4.78 is 10.6. The van der Waals surface area contributed by atoms with E-state index in [1.165, 1.54) is 13.2 Å². The molecule has 1 amide bonds. The fraction of sp³-hybridized carbons (Fsp3) is 0.118. The van der Waals surface area contributed by atoms with E-state index in [2.05, 4.69) is 32.6 Å². The first kappa shape index (κ1) is 17.9. The lowest BCUT2D eigenvalue weighted by molar-refractivity contribution is -0.119. The molecule has 124 valence electrons. The zero-order valence-corrected chi connectivity index (χ0v) is 14.9. The van der Waals surface area contributed by atoms with E-state index >= 15 is 0 Å². The zero-order valence-electron chi connectivity index (χ0n) is 12.7. The standard InChI is InChI=1S/C17H14INO5/c1-23-17(22)13-4-2-3-5-14(13)19-15(20)10-24-16(21)11-6-8-12(18)9-7-11/h2-9H,10H2,1H3,(H,19,20). The summed E-state index contributed by atoms with van der Waals surface area (Å²) in [6, 6.07) is 13.2. The van der Waals surface area contributed by atoms with Crippen LogP contribution in [-0.4, -0.2) is 31.6 Å². The third-order valence-electron chi connectivity index (χ3n) is 3.02. The first-order valence-corrected chi connectivity index (χ1v) is 7.99. The zero-order chi connectivity index (χ0) is 17.5. The van der Waals surface area contributed by atoms with Gasteiger partial charge >= 0.3 is 11.9 Å². The number of amides is 1. The quantitative estimate of drug-likeness (QED) is 0.573. The van der Waals surface area contributed by atoms with Crippen LogP contribution in [-0.2, 0) is 14.3 Å². The molecule has 6 nitrogen and oxygen atoms in total. The molecule has 1 N–H and O–H groups in total. The van der Waals surface area contributed by atoms with Gasteiger partial charge in [-0.3, -0.25) is 4.79 Å². The Bertz CT molecular complexity index is 758. The highest BCUT2D eigenvalue weighted by molar-refractivity contribution is 14.1. The van der Waals surface area contributed by atoms with Crippen LogP contribution in [0.25, 0.3) is 0 Å². The van der Waals surface area contributed by atoms with Gasteiger partial charge in [-0.15, -0.1) is 0 Å². The summed E-state index contributed by atoms with van der Waals surface area (Å²) in [6.45, 7) is -0.458. The molecule has 0 aromatic heterocycles. The Labute approximate surface area is 152 Å². The van der Waals surface area contributed by atoms with E-state index in [9.17, 15) is 14.4 Å². The molecule has 2 rings (SSSR count). The van der Waals surface area contributed by atoms with Gasteiger partial charge < -0.3 is 14.8 Å². The second-order valence-corrected chi connectivity index (χ2v) is 5.91. The van der Waals surface area contributed by atoms with Gasteiger partial charge in [0, 0.05) is 3.57 Å². The van der Waals surface area contributed by atoms with Gasteiger partial charge in [-0.1, -0.05) is 12.1 Å². The predicted octanol–water partition coefficient (Wildman–Crippen LogP) is 2.87. The van der Waals surface area contributed by atoms with Crippen molar-refractivity contribution in [2.45, 2.75) is 0 Å². The molecule has 0 bridgehead atoms. The number of methoxy groups -OCH3 is 1. The van der Waals surface area contributed by atoms with Crippen LogP contribution in [0.3, 0.4) is 0 Å². The minimum atomic E-state index is -0.595. The van der Waals surface area contributed by atoms with Crippen molar-refractivity contribution in [3.63, 3.8) is 0 Å². The lowest BCUT2D eigenvalue weighted by Crippen LogP contribution is -2.22. The van der Waals surface area contributed by atoms with Crippen LogP contribution in [0.15, 0.2) is 48.5 Å². The van der Waals surface area contributed by atoms with Gasteiger partial charge in [0.1, 0.15) is 0 Å². The van der Waals surface area contributed by atoms with Crippen molar-refractivity contribution in [3.05, 3.63) is 63.2 Å². The fourth-order valence-electron chi connectivity index (χ4n) is 1.87. The summed E-state index contributed by atoms with van der Waals surface area (Å²) in [5.41, 5.74) is 0.871. The van der Waals surface area contributed by atoms with Crippen molar-refractivity contribution < 1.29 is 23.9 Å². The molecule has 7 heteroatoms. The molecule has 24 heavy (non-hydrogen) atoms. The van der Waals surface area contributed by atoms with E-state index in [1.54, 1.807) is 42.5 Å². The van der Waals surface area contributed by atoms with Crippen LogP contribution < -0.4 is 5.32 Å². The smallest absolute Gasteiger partial charge is 0.339 e. The molecule has 0 heterocycles. The van der Waals surface area contributed by atoms with Crippen LogP contribution in [0.5, 0.6) is 0 Å². The van der Waals surface area contributed by atoms with E-state index in [1.807, 2.05) is 0 Å². The molecule has 0 atom stereocenters. The van der Waals surface area contributed by atoms with Crippen LogP contribution in [0.2, 0.25) is 0 Å². The van der Waals surface area contributed by atoms with Gasteiger partial charge in [0.2, 0.25) is 0 Å². The number of carbonyl (C=O) groups excluding carboxylic acids is 3. The molecule has 0 saturated heterocycles. The number of halogens is 1. The maximum absolute atomic E-state index is 11.9. The summed E-state index contributed by atoms with van der Waals surface area (Å²) >= 11 is 2.12. The van der Waals surface area contributed by atoms with E-state index in [0.29, 0.717) is 11.3 Å². The van der Waals surface area contributed by atoms with Crippen molar-refractivity contribution in [1.82, 2.24) is 0 Å². The maximum Gasteiger partial charge on any atom is 0.339 e. The third-order valence-corrected chi connectivity index (χ3v) is 3.74. The molecule has 2 aromatic rings. The number of carbonyl (C=O) groups is 3. The van der Waals surface area contributed by atoms with Gasteiger partial charge in [-0.05, 0) is 59.0 Å². The Morgan fingerprint density at radius 3 is 2.33 bits per heavy atom. The highest BCUT2D eigenvalue weighted by Gasteiger charge is 2.15. The Morgan fingerprint density at radius 1 is 1.00 bits per heavy atom. The summed E-state index contributed by atoms with van der Waals surface area (Å²) in [6.07, 6.45) is 0. The number of anilines is 1. The molecular weight excluding hydrogens is 425 g/mol. The van der Waals surface area contributed by atoms with E-state index in [-0.39, 0.29) is 5.56 Å².